The molecular weight excluding hydrogens is 324 g/mol. The molecule has 1 atom stereocenters. The van der Waals surface area contributed by atoms with E-state index in [0.717, 1.165) is 12.8 Å². The summed E-state index contributed by atoms with van der Waals surface area (Å²) in [5.74, 6) is -0.309. The van der Waals surface area contributed by atoms with E-state index < -0.39 is 0 Å². The van der Waals surface area contributed by atoms with Crippen LogP contribution in [0, 0.1) is 5.92 Å². The molecule has 2 aliphatic heterocycles. The Bertz CT molecular complexity index is 669. The Morgan fingerprint density at radius 3 is 2.88 bits per heavy atom. The number of hydrogen-bond acceptors (Lipinski definition) is 5. The second-order valence-electron chi connectivity index (χ2n) is 6.52. The molecule has 3 rings (SSSR count). The summed E-state index contributed by atoms with van der Waals surface area (Å²) in [5, 5.41) is 6.85. The number of aromatic nitrogens is 2. The highest BCUT2D eigenvalue weighted by Gasteiger charge is 2.38. The lowest BCUT2D eigenvalue weighted by Gasteiger charge is -2.31. The molecule has 0 aromatic carbocycles. The van der Waals surface area contributed by atoms with Crippen LogP contribution in [0.5, 0.6) is 0 Å². The van der Waals surface area contributed by atoms with Gasteiger partial charge in [0.05, 0.1) is 5.92 Å². The number of ether oxygens (including phenoxy) is 1. The van der Waals surface area contributed by atoms with Crippen LogP contribution < -0.4 is 10.9 Å². The molecule has 0 aliphatic carbocycles. The molecule has 8 heteroatoms. The third kappa shape index (κ3) is 4.45. The van der Waals surface area contributed by atoms with E-state index >= 15 is 0 Å². The Hall–Kier alpha value is -2.22. The summed E-state index contributed by atoms with van der Waals surface area (Å²) in [6.45, 7) is 2.77. The van der Waals surface area contributed by atoms with Gasteiger partial charge in [-0.15, -0.1) is 0 Å². The van der Waals surface area contributed by atoms with Crippen LogP contribution in [-0.4, -0.2) is 58.8 Å². The lowest BCUT2D eigenvalue weighted by Crippen LogP contribution is -2.41. The molecule has 0 spiro atoms. The maximum atomic E-state index is 12.3. The van der Waals surface area contributed by atoms with E-state index in [1.165, 1.54) is 10.7 Å². The summed E-state index contributed by atoms with van der Waals surface area (Å²) < 4.78 is 6.71. The van der Waals surface area contributed by atoms with Gasteiger partial charge in [0.15, 0.2) is 0 Å². The predicted molar refractivity (Wildman–Crippen MR) is 89.8 cm³/mol. The Balaban J connectivity index is 1.42. The summed E-state index contributed by atoms with van der Waals surface area (Å²) in [6, 6.07) is 3.26. The molecule has 2 saturated heterocycles. The number of likely N-dealkylation sites (tertiary alicyclic amines) is 1. The Labute approximate surface area is 146 Å². The molecule has 3 heterocycles. The maximum Gasteiger partial charge on any atom is 0.266 e. The second kappa shape index (κ2) is 8.24. The number of carbonyl (C=O) groups is 2. The van der Waals surface area contributed by atoms with E-state index in [2.05, 4.69) is 10.4 Å². The third-order valence-corrected chi connectivity index (χ3v) is 4.79. The minimum absolute atomic E-state index is 0.0621. The van der Waals surface area contributed by atoms with Crippen molar-refractivity contribution in [3.8, 4) is 0 Å². The van der Waals surface area contributed by atoms with Crippen molar-refractivity contribution in [1.82, 2.24) is 20.0 Å². The van der Waals surface area contributed by atoms with E-state index in [1.807, 2.05) is 4.90 Å². The van der Waals surface area contributed by atoms with Gasteiger partial charge in [-0.1, -0.05) is 0 Å². The average Bonchev–Trinajstić information content (AvgIpc) is 3.02. The van der Waals surface area contributed by atoms with Crippen molar-refractivity contribution in [3.05, 3.63) is 28.7 Å². The summed E-state index contributed by atoms with van der Waals surface area (Å²) in [4.78, 5) is 37.9. The zero-order valence-electron chi connectivity index (χ0n) is 14.2. The molecule has 1 unspecified atom stereocenters. The van der Waals surface area contributed by atoms with E-state index in [9.17, 15) is 14.4 Å². The van der Waals surface area contributed by atoms with Crippen LogP contribution in [0.2, 0.25) is 0 Å². The fourth-order valence-corrected chi connectivity index (χ4v) is 3.40. The van der Waals surface area contributed by atoms with Gasteiger partial charge in [0.25, 0.3) is 5.56 Å². The number of rotatable bonds is 6. The van der Waals surface area contributed by atoms with Gasteiger partial charge < -0.3 is 15.0 Å². The third-order valence-electron chi connectivity index (χ3n) is 4.79. The van der Waals surface area contributed by atoms with Gasteiger partial charge >= 0.3 is 0 Å². The Kier molecular flexibility index (Phi) is 5.80. The molecule has 25 heavy (non-hydrogen) atoms. The zero-order chi connectivity index (χ0) is 17.6. The SMILES string of the molecule is O=C(NCCCn1ncccc1=O)C1CC(=O)N(C2CCOCC2)C1. The number of hydrogen-bond donors (Lipinski definition) is 1. The number of amides is 2. The largest absolute Gasteiger partial charge is 0.381 e. The van der Waals surface area contributed by atoms with E-state index in [-0.39, 0.29) is 35.8 Å². The maximum absolute atomic E-state index is 12.3. The average molecular weight is 348 g/mol. The van der Waals surface area contributed by atoms with Gasteiger partial charge in [-0.2, -0.15) is 5.10 Å². The van der Waals surface area contributed by atoms with E-state index in [0.29, 0.717) is 39.3 Å². The van der Waals surface area contributed by atoms with Gasteiger partial charge in [0.1, 0.15) is 0 Å². The summed E-state index contributed by atoms with van der Waals surface area (Å²) in [6.07, 6.45) is 4.16. The molecule has 1 N–H and O–H groups in total. The molecule has 2 fully saturated rings. The van der Waals surface area contributed by atoms with Gasteiger partial charge in [0.2, 0.25) is 11.8 Å². The van der Waals surface area contributed by atoms with Gasteiger partial charge in [-0.25, -0.2) is 4.68 Å². The first-order valence-corrected chi connectivity index (χ1v) is 8.82. The van der Waals surface area contributed by atoms with Crippen LogP contribution in [0.3, 0.4) is 0 Å². The van der Waals surface area contributed by atoms with Crippen LogP contribution in [0.4, 0.5) is 0 Å². The van der Waals surface area contributed by atoms with Crippen molar-refractivity contribution in [1.29, 1.82) is 0 Å². The van der Waals surface area contributed by atoms with Crippen molar-refractivity contribution in [2.45, 2.75) is 38.3 Å². The summed E-state index contributed by atoms with van der Waals surface area (Å²) >= 11 is 0. The number of aryl methyl sites for hydroxylation is 1. The Morgan fingerprint density at radius 1 is 1.32 bits per heavy atom. The van der Waals surface area contributed by atoms with Gasteiger partial charge in [-0.05, 0) is 25.3 Å². The molecule has 8 nitrogen and oxygen atoms in total. The topological polar surface area (TPSA) is 93.5 Å². The van der Waals surface area contributed by atoms with Gasteiger partial charge in [0, 0.05) is 57.6 Å². The minimum atomic E-state index is -0.284. The van der Waals surface area contributed by atoms with Crippen LogP contribution in [-0.2, 0) is 20.9 Å². The molecule has 0 bridgehead atoms. The highest BCUT2D eigenvalue weighted by Crippen LogP contribution is 2.24. The van der Waals surface area contributed by atoms with Crippen molar-refractivity contribution in [2.75, 3.05) is 26.3 Å². The molecule has 2 amide bonds. The summed E-state index contributed by atoms with van der Waals surface area (Å²) in [5.41, 5.74) is -0.151. The molecule has 1 aromatic heterocycles. The van der Waals surface area contributed by atoms with Crippen LogP contribution in [0.25, 0.3) is 0 Å². The molecule has 0 radical (unpaired) electrons. The molecule has 1 aromatic rings. The number of nitrogens with zero attached hydrogens (tertiary/aromatic N) is 3. The van der Waals surface area contributed by atoms with Crippen LogP contribution in [0.15, 0.2) is 23.1 Å². The normalized spacial score (nSPS) is 21.5. The number of carbonyl (C=O) groups excluding carboxylic acids is 2. The van der Waals surface area contributed by atoms with E-state index in [4.69, 9.17) is 4.74 Å². The number of nitrogens with one attached hydrogen (secondary N) is 1. The molecule has 136 valence electrons. The predicted octanol–water partition coefficient (Wildman–Crippen LogP) is -0.223. The summed E-state index contributed by atoms with van der Waals surface area (Å²) in [7, 11) is 0. The van der Waals surface area contributed by atoms with Crippen molar-refractivity contribution in [2.24, 2.45) is 5.92 Å². The van der Waals surface area contributed by atoms with E-state index in [1.54, 1.807) is 12.3 Å². The highest BCUT2D eigenvalue weighted by atomic mass is 16.5. The first-order chi connectivity index (χ1) is 12.1. The van der Waals surface area contributed by atoms with Crippen LogP contribution >= 0.6 is 0 Å². The zero-order valence-corrected chi connectivity index (χ0v) is 14.2. The first-order valence-electron chi connectivity index (χ1n) is 8.82. The minimum Gasteiger partial charge on any atom is -0.381 e. The standard InChI is InChI=1S/C17H24N4O4/c22-15-3-1-7-19-21(15)8-2-6-18-17(24)13-11-16(23)20(12-13)14-4-9-25-10-5-14/h1,3,7,13-14H,2,4-6,8-12H2,(H,18,24). The van der Waals surface area contributed by atoms with Crippen LogP contribution in [0.1, 0.15) is 25.7 Å². The lowest BCUT2D eigenvalue weighted by atomic mass is 10.1. The highest BCUT2D eigenvalue weighted by molar-refractivity contribution is 5.89. The fraction of sp³-hybridized carbons (Fsp3) is 0.647. The Morgan fingerprint density at radius 2 is 2.12 bits per heavy atom. The molecular formula is C17H24N4O4. The second-order valence-corrected chi connectivity index (χ2v) is 6.52. The fourth-order valence-electron chi connectivity index (χ4n) is 3.40. The van der Waals surface area contributed by atoms with Crippen molar-refractivity contribution >= 4 is 11.8 Å². The molecule has 0 saturated carbocycles. The van der Waals surface area contributed by atoms with Gasteiger partial charge in [-0.3, -0.25) is 14.4 Å². The van der Waals surface area contributed by atoms with Crippen molar-refractivity contribution < 1.29 is 14.3 Å². The molecule has 2 aliphatic rings. The quantitative estimate of drug-likeness (QED) is 0.717. The smallest absolute Gasteiger partial charge is 0.266 e. The monoisotopic (exact) mass is 348 g/mol. The first kappa shape index (κ1) is 17.6. The lowest BCUT2D eigenvalue weighted by molar-refractivity contribution is -0.131. The van der Waals surface area contributed by atoms with Crippen molar-refractivity contribution in [3.63, 3.8) is 0 Å².